The number of hydrogen-bond acceptors (Lipinski definition) is 8. The molecule has 0 spiro atoms. The van der Waals surface area contributed by atoms with Crippen LogP contribution in [0.15, 0.2) is 47.4 Å². The predicted molar refractivity (Wildman–Crippen MR) is 131 cm³/mol. The molecule has 11 heteroatoms. The van der Waals surface area contributed by atoms with Crippen molar-refractivity contribution in [2.45, 2.75) is 57.9 Å². The molecule has 0 radical (unpaired) electrons. The second-order valence-corrected chi connectivity index (χ2v) is 10.0. The van der Waals surface area contributed by atoms with Gasteiger partial charge in [0.25, 0.3) is 0 Å². The summed E-state index contributed by atoms with van der Waals surface area (Å²) in [7, 11) is 0. The second-order valence-electron chi connectivity index (χ2n) is 10.0. The molecule has 2 aromatic rings. The van der Waals surface area contributed by atoms with Crippen LogP contribution in [-0.4, -0.2) is 39.8 Å². The van der Waals surface area contributed by atoms with E-state index in [9.17, 15) is 37.8 Å². The number of nitrogens with one attached hydrogen (secondary N) is 1. The summed E-state index contributed by atoms with van der Waals surface area (Å²) in [5.74, 6) is -3.44. The smallest absolute Gasteiger partial charge is 0.425 e. The van der Waals surface area contributed by atoms with Gasteiger partial charge in [0.1, 0.15) is 39.7 Å². The van der Waals surface area contributed by atoms with Gasteiger partial charge in [0, 0.05) is 29.3 Å². The van der Waals surface area contributed by atoms with Crippen molar-refractivity contribution in [1.82, 2.24) is 5.32 Å². The first-order chi connectivity index (χ1) is 18.2. The second kappa shape index (κ2) is 8.62. The van der Waals surface area contributed by atoms with Crippen LogP contribution in [0.3, 0.4) is 0 Å². The number of para-hydroxylation sites is 1. The molecule has 5 rings (SSSR count). The van der Waals surface area contributed by atoms with Gasteiger partial charge in [-0.1, -0.05) is 18.2 Å². The van der Waals surface area contributed by atoms with Gasteiger partial charge in [-0.3, -0.25) is 14.4 Å². The van der Waals surface area contributed by atoms with Crippen LogP contribution in [0.1, 0.15) is 60.3 Å². The molecular formula is C28H24F3NO7. The third kappa shape index (κ3) is 3.78. The molecule has 3 unspecified atom stereocenters. The van der Waals surface area contributed by atoms with E-state index in [0.717, 1.165) is 6.08 Å². The fourth-order valence-corrected chi connectivity index (χ4v) is 5.45. The molecule has 204 valence electrons. The molecule has 8 nitrogen and oxygen atoms in total. The average Bonchev–Trinajstić information content (AvgIpc) is 3.14. The van der Waals surface area contributed by atoms with Gasteiger partial charge in [0.2, 0.25) is 0 Å². The van der Waals surface area contributed by atoms with E-state index in [1.165, 1.54) is 33.8 Å². The van der Waals surface area contributed by atoms with E-state index < -0.39 is 59.0 Å². The van der Waals surface area contributed by atoms with Crippen molar-refractivity contribution in [2.24, 2.45) is 0 Å². The number of fused-ring (bicyclic) bond motifs is 4. The molecule has 0 amide bonds. The van der Waals surface area contributed by atoms with Gasteiger partial charge in [-0.2, -0.15) is 13.2 Å². The fraction of sp³-hybridized carbons (Fsp3) is 0.321. The van der Waals surface area contributed by atoms with Crippen LogP contribution >= 0.6 is 0 Å². The maximum absolute atomic E-state index is 14.0. The molecule has 0 aromatic heterocycles. The number of hydrogen-bond donors (Lipinski definition) is 3. The van der Waals surface area contributed by atoms with E-state index >= 15 is 0 Å². The number of Topliss-reactive ketones (excluding diaryl/α,β-unsaturated/α-hetero) is 2. The number of aromatic hydroxyl groups is 2. The van der Waals surface area contributed by atoms with Crippen molar-refractivity contribution >= 4 is 17.3 Å². The Morgan fingerprint density at radius 3 is 2.44 bits per heavy atom. The Hall–Kier alpha value is -4.28. The monoisotopic (exact) mass is 543 g/mol. The Kier molecular flexibility index (Phi) is 5.82. The summed E-state index contributed by atoms with van der Waals surface area (Å²) >= 11 is 0. The fourth-order valence-electron chi connectivity index (χ4n) is 5.45. The third-order valence-electron chi connectivity index (χ3n) is 7.53. The summed E-state index contributed by atoms with van der Waals surface area (Å²) in [6.45, 7) is 5.37. The van der Waals surface area contributed by atoms with Crippen molar-refractivity contribution in [3.63, 3.8) is 0 Å². The Balaban J connectivity index is 1.61. The summed E-state index contributed by atoms with van der Waals surface area (Å²) in [6, 6.07) is 5.26. The van der Waals surface area contributed by atoms with E-state index in [4.69, 9.17) is 9.47 Å². The van der Waals surface area contributed by atoms with E-state index in [1.54, 1.807) is 18.2 Å². The van der Waals surface area contributed by atoms with E-state index in [1.807, 2.05) is 0 Å². The van der Waals surface area contributed by atoms with Crippen LogP contribution in [0, 0.1) is 6.92 Å². The van der Waals surface area contributed by atoms with Crippen LogP contribution in [-0.2, 0) is 15.0 Å². The molecule has 3 N–H and O–H groups in total. The summed E-state index contributed by atoms with van der Waals surface area (Å²) in [5, 5.41) is 24.3. The maximum Gasteiger partial charge on any atom is 0.425 e. The van der Waals surface area contributed by atoms with Crippen molar-refractivity contribution in [3.05, 3.63) is 69.6 Å². The van der Waals surface area contributed by atoms with Crippen molar-refractivity contribution in [1.29, 1.82) is 0 Å². The molecule has 0 bridgehead atoms. The number of alkyl halides is 3. The summed E-state index contributed by atoms with van der Waals surface area (Å²) in [5.41, 5.74) is -1.98. The van der Waals surface area contributed by atoms with E-state index in [0.29, 0.717) is 5.56 Å². The standard InChI is InChI=1S/C28H24F3NO7/c1-11-23(35)21(13(3)33)25-22(24(11)36)27(4)18(39-25)10-16(34)20(26(27)37)12(2)32-15-9-19(28(29,30)31)38-17-8-6-5-7-14(15)17/h5-8,10,15,19,32,35-36H,9H2,1-4H3. The lowest BCUT2D eigenvalue weighted by atomic mass is 9.70. The number of rotatable bonds is 3. The lowest BCUT2D eigenvalue weighted by Crippen LogP contribution is -2.43. The molecule has 3 atom stereocenters. The molecule has 0 saturated heterocycles. The minimum Gasteiger partial charge on any atom is -0.507 e. The van der Waals surface area contributed by atoms with Crippen LogP contribution in [0.5, 0.6) is 23.0 Å². The molecule has 2 heterocycles. The Morgan fingerprint density at radius 2 is 1.79 bits per heavy atom. The van der Waals surface area contributed by atoms with E-state index in [-0.39, 0.29) is 45.2 Å². The third-order valence-corrected chi connectivity index (χ3v) is 7.53. The first-order valence-electron chi connectivity index (χ1n) is 12.1. The van der Waals surface area contributed by atoms with E-state index in [2.05, 4.69) is 5.32 Å². The first kappa shape index (κ1) is 26.3. The van der Waals surface area contributed by atoms with Gasteiger partial charge >= 0.3 is 6.18 Å². The van der Waals surface area contributed by atoms with Gasteiger partial charge in [0.15, 0.2) is 23.5 Å². The normalized spacial score (nSPS) is 25.1. The molecule has 2 aliphatic heterocycles. The molecule has 39 heavy (non-hydrogen) atoms. The number of halogens is 3. The topological polar surface area (TPSA) is 122 Å². The Labute approximate surface area is 220 Å². The number of phenols is 2. The molecule has 1 aliphatic carbocycles. The lowest BCUT2D eigenvalue weighted by molar-refractivity contribution is -0.201. The highest BCUT2D eigenvalue weighted by atomic mass is 19.4. The zero-order chi connectivity index (χ0) is 28.6. The minimum absolute atomic E-state index is 0.0272. The molecule has 0 saturated carbocycles. The van der Waals surface area contributed by atoms with Gasteiger partial charge in [-0.25, -0.2) is 0 Å². The van der Waals surface area contributed by atoms with Gasteiger partial charge in [0.05, 0.1) is 17.2 Å². The van der Waals surface area contributed by atoms with Crippen molar-refractivity contribution in [2.75, 3.05) is 0 Å². The summed E-state index contributed by atoms with van der Waals surface area (Å²) < 4.78 is 51.7. The lowest BCUT2D eigenvalue weighted by Gasteiger charge is -2.35. The zero-order valence-electron chi connectivity index (χ0n) is 21.3. The van der Waals surface area contributed by atoms with Gasteiger partial charge in [-0.05, 0) is 33.8 Å². The first-order valence-corrected chi connectivity index (χ1v) is 12.1. The average molecular weight is 543 g/mol. The van der Waals surface area contributed by atoms with Crippen molar-refractivity contribution < 1.29 is 47.2 Å². The van der Waals surface area contributed by atoms with Crippen LogP contribution in [0.2, 0.25) is 0 Å². The number of ether oxygens (including phenoxy) is 2. The Bertz CT molecular complexity index is 1540. The van der Waals surface area contributed by atoms with Gasteiger partial charge < -0.3 is 25.0 Å². The highest BCUT2D eigenvalue weighted by molar-refractivity contribution is 6.31. The number of phenolic OH excluding ortho intramolecular Hbond substituents is 2. The van der Waals surface area contributed by atoms with Gasteiger partial charge in [-0.15, -0.1) is 0 Å². The minimum atomic E-state index is -4.64. The molecule has 3 aliphatic rings. The highest BCUT2D eigenvalue weighted by Gasteiger charge is 2.56. The number of carbonyl (C=O) groups is 3. The van der Waals surface area contributed by atoms with Crippen LogP contribution in [0.4, 0.5) is 13.2 Å². The zero-order valence-corrected chi connectivity index (χ0v) is 21.3. The summed E-state index contributed by atoms with van der Waals surface area (Å²) in [4.78, 5) is 39.5. The van der Waals surface area contributed by atoms with Crippen LogP contribution in [0.25, 0.3) is 0 Å². The molecule has 0 fully saturated rings. The Morgan fingerprint density at radius 1 is 1.13 bits per heavy atom. The predicted octanol–water partition coefficient (Wildman–Crippen LogP) is 4.61. The number of benzene rings is 2. The molecular weight excluding hydrogens is 519 g/mol. The summed E-state index contributed by atoms with van der Waals surface area (Å²) in [6.07, 6.45) is -6.19. The molecule has 2 aromatic carbocycles. The maximum atomic E-state index is 14.0. The largest absolute Gasteiger partial charge is 0.507 e. The number of carbonyl (C=O) groups excluding carboxylic acids is 3. The SMILES string of the molecule is CC(=O)c1c(O)c(C)c(O)c2c1OC1=CC(=O)C(=C(C)NC3CC(C(F)(F)F)Oc4ccccc43)C(=O)C12C. The number of ketones is 3. The van der Waals surface area contributed by atoms with Crippen molar-refractivity contribution in [3.8, 4) is 23.0 Å². The quantitative estimate of drug-likeness (QED) is 0.292. The number of allylic oxidation sites excluding steroid dienone is 4. The highest BCUT2D eigenvalue weighted by Crippen LogP contribution is 2.57. The van der Waals surface area contributed by atoms with Crippen LogP contribution < -0.4 is 14.8 Å².